The van der Waals surface area contributed by atoms with E-state index in [0.29, 0.717) is 9.79 Å². The van der Waals surface area contributed by atoms with E-state index in [0.717, 1.165) is 47.2 Å². The Morgan fingerprint density at radius 3 is 1.55 bits per heavy atom. The molecule has 0 N–H and O–H groups in total. The van der Waals surface area contributed by atoms with Gasteiger partial charge in [0.2, 0.25) is 9.84 Å². The predicted octanol–water partition coefficient (Wildman–Crippen LogP) is 16.8. The fourth-order valence-corrected chi connectivity index (χ4v) is 12.7. The van der Waals surface area contributed by atoms with E-state index in [1.165, 1.54) is 114 Å². The van der Waals surface area contributed by atoms with Crippen LogP contribution in [-0.4, -0.2) is 17.6 Å². The first kappa shape index (κ1) is 43.1. The molecule has 0 spiro atoms. The molecular weight excluding hydrogens is 885 g/mol. The fraction of sp³-hybridized carbons (Fsp3) is 0.121. The van der Waals surface area contributed by atoms with Crippen molar-refractivity contribution in [3.8, 4) is 33.6 Å². The van der Waals surface area contributed by atoms with Gasteiger partial charge in [0.1, 0.15) is 0 Å². The zero-order chi connectivity index (χ0) is 47.6. The van der Waals surface area contributed by atoms with Crippen LogP contribution in [0.5, 0.6) is 0 Å². The zero-order valence-electron chi connectivity index (χ0n) is 39.8. The van der Waals surface area contributed by atoms with Crippen LogP contribution < -0.4 is 0 Å². The molecule has 0 saturated carbocycles. The van der Waals surface area contributed by atoms with Crippen LogP contribution in [0.3, 0.4) is 0 Å². The molecule has 1 aliphatic rings. The van der Waals surface area contributed by atoms with E-state index in [-0.39, 0.29) is 0 Å². The second-order valence-electron chi connectivity index (χ2n) is 19.5. The second kappa shape index (κ2) is 17.4. The lowest BCUT2D eigenvalue weighted by atomic mass is 9.84. The molecule has 0 aliphatic heterocycles. The van der Waals surface area contributed by atoms with Crippen LogP contribution in [0, 0.1) is 0 Å². The highest BCUT2D eigenvalue weighted by atomic mass is 32.2. The van der Waals surface area contributed by atoms with Gasteiger partial charge in [0, 0.05) is 32.9 Å². The Bertz CT molecular complexity index is 4110. The molecular formula is C66H52N2O2S. The maximum Gasteiger partial charge on any atom is 0.206 e. The Morgan fingerprint density at radius 1 is 0.380 bits per heavy atom. The molecule has 0 fully saturated rings. The number of aromatic nitrogens is 2. The second-order valence-corrected chi connectivity index (χ2v) is 21.4. The van der Waals surface area contributed by atoms with Gasteiger partial charge in [-0.3, -0.25) is 0 Å². The molecule has 10 aromatic carbocycles. The Morgan fingerprint density at radius 2 is 0.901 bits per heavy atom. The molecule has 2 heterocycles. The number of nitrogens with zero attached hydrogens (tertiary/aromatic N) is 2. The Kier molecular flexibility index (Phi) is 10.6. The lowest BCUT2D eigenvalue weighted by molar-refractivity contribution is 0.596. The van der Waals surface area contributed by atoms with Crippen LogP contribution in [0.1, 0.15) is 60.4 Å². The average molecular weight is 937 g/mol. The van der Waals surface area contributed by atoms with Crippen LogP contribution in [-0.2, 0) is 29.1 Å². The number of para-hydroxylation sites is 3. The van der Waals surface area contributed by atoms with E-state index in [2.05, 4.69) is 180 Å². The van der Waals surface area contributed by atoms with Crippen LogP contribution in [0.25, 0.3) is 88.0 Å². The molecule has 0 bridgehead atoms. The van der Waals surface area contributed by atoms with Gasteiger partial charge >= 0.3 is 0 Å². The largest absolute Gasteiger partial charge is 0.309 e. The van der Waals surface area contributed by atoms with Crippen LogP contribution in [0.15, 0.2) is 222 Å². The SMILES string of the molecule is CCCCCCc1cccc(-c2ccc(S(=O)(=O)c3ccc(-c4ccc5cc6c(cc5c4)Cc4ccc(-n5c7ccccc7c7cc(-n8c9ccccc9c9ccccc98)ccc75)cc4C6)cc3)cc2)c1. The highest BCUT2D eigenvalue weighted by Crippen LogP contribution is 2.39. The summed E-state index contributed by atoms with van der Waals surface area (Å²) in [7, 11) is -3.69. The Hall–Kier alpha value is -7.99. The van der Waals surface area contributed by atoms with E-state index >= 15 is 0 Å². The molecule has 71 heavy (non-hydrogen) atoms. The van der Waals surface area contributed by atoms with Gasteiger partial charge in [0.15, 0.2) is 0 Å². The molecule has 2 aromatic heterocycles. The van der Waals surface area contributed by atoms with Crippen molar-refractivity contribution in [3.63, 3.8) is 0 Å². The molecule has 12 aromatic rings. The summed E-state index contributed by atoms with van der Waals surface area (Å²) < 4.78 is 32.5. The van der Waals surface area contributed by atoms with E-state index < -0.39 is 9.84 Å². The first-order valence-electron chi connectivity index (χ1n) is 25.1. The van der Waals surface area contributed by atoms with Gasteiger partial charge in [-0.15, -0.1) is 0 Å². The maximum absolute atomic E-state index is 13.8. The van der Waals surface area contributed by atoms with Gasteiger partial charge in [-0.2, -0.15) is 0 Å². The minimum Gasteiger partial charge on any atom is -0.309 e. The molecule has 0 unspecified atom stereocenters. The maximum atomic E-state index is 13.8. The van der Waals surface area contributed by atoms with E-state index in [4.69, 9.17) is 0 Å². The first-order chi connectivity index (χ1) is 34.9. The molecule has 0 radical (unpaired) electrons. The number of rotatable bonds is 11. The number of benzene rings is 10. The summed E-state index contributed by atoms with van der Waals surface area (Å²) >= 11 is 0. The smallest absolute Gasteiger partial charge is 0.206 e. The molecule has 5 heteroatoms. The third-order valence-electron chi connectivity index (χ3n) is 15.1. The van der Waals surface area contributed by atoms with Gasteiger partial charge < -0.3 is 9.13 Å². The molecule has 344 valence electrons. The Balaban J connectivity index is 0.754. The summed E-state index contributed by atoms with van der Waals surface area (Å²) in [5, 5.41) is 7.40. The summed E-state index contributed by atoms with van der Waals surface area (Å²) in [6.07, 6.45) is 7.74. The molecule has 1 aliphatic carbocycles. The van der Waals surface area contributed by atoms with Gasteiger partial charge in [0.25, 0.3) is 0 Å². The van der Waals surface area contributed by atoms with Gasteiger partial charge in [-0.1, -0.05) is 160 Å². The summed E-state index contributed by atoms with van der Waals surface area (Å²) in [6.45, 7) is 2.24. The third kappa shape index (κ3) is 7.55. The lowest BCUT2D eigenvalue weighted by Gasteiger charge is -2.22. The number of hydrogen-bond acceptors (Lipinski definition) is 2. The van der Waals surface area contributed by atoms with Crippen molar-refractivity contribution in [2.24, 2.45) is 0 Å². The molecule has 0 amide bonds. The van der Waals surface area contributed by atoms with Gasteiger partial charge in [0.05, 0.1) is 31.9 Å². The summed E-state index contributed by atoms with van der Waals surface area (Å²) in [4.78, 5) is 0.595. The van der Waals surface area contributed by atoms with Gasteiger partial charge in [-0.25, -0.2) is 8.42 Å². The van der Waals surface area contributed by atoms with E-state index in [1.807, 2.05) is 24.3 Å². The number of sulfone groups is 1. The minimum absolute atomic E-state index is 0.294. The fourth-order valence-electron chi connectivity index (χ4n) is 11.4. The summed E-state index contributed by atoms with van der Waals surface area (Å²) in [6, 6.07) is 74.8. The molecule has 4 nitrogen and oxygen atoms in total. The van der Waals surface area contributed by atoms with Crippen molar-refractivity contribution in [3.05, 3.63) is 240 Å². The topological polar surface area (TPSA) is 44.0 Å². The van der Waals surface area contributed by atoms with Crippen molar-refractivity contribution < 1.29 is 8.42 Å². The van der Waals surface area contributed by atoms with E-state index in [1.54, 1.807) is 24.3 Å². The number of hydrogen-bond donors (Lipinski definition) is 0. The van der Waals surface area contributed by atoms with Crippen molar-refractivity contribution >= 4 is 64.2 Å². The molecule has 0 saturated heterocycles. The highest BCUT2D eigenvalue weighted by Gasteiger charge is 2.22. The van der Waals surface area contributed by atoms with Crippen molar-refractivity contribution in [2.45, 2.75) is 61.7 Å². The minimum atomic E-state index is -3.69. The van der Waals surface area contributed by atoms with Crippen molar-refractivity contribution in [2.75, 3.05) is 0 Å². The lowest BCUT2D eigenvalue weighted by Crippen LogP contribution is -2.08. The first-order valence-corrected chi connectivity index (χ1v) is 26.6. The average Bonchev–Trinajstić information content (AvgIpc) is 3.93. The Labute approximate surface area is 415 Å². The standard InChI is InChI=1S/C66H52N2O2S/c1-2-3-4-5-13-44-14-12-15-47(36-44)45-25-31-57(32-26-45)71(69,70)58-33-27-46(28-34-58)48-22-23-49-38-53-41-54-42-55(29-24-50(54)39-52(53)40-51(49)37-48)67-65-21-11-8-18-61(65)62-43-56(30-35-66(62)67)68-63-19-9-6-16-59(63)60-17-7-10-20-64(60)68/h6-12,14-38,40,42-43H,2-5,13,39,41H2,1H3. The molecule has 0 atom stereocenters. The normalized spacial score (nSPS) is 12.6. The number of fused-ring (bicyclic) bond motifs is 9. The van der Waals surface area contributed by atoms with Crippen LogP contribution in [0.2, 0.25) is 0 Å². The van der Waals surface area contributed by atoms with Crippen molar-refractivity contribution in [1.29, 1.82) is 0 Å². The summed E-state index contributed by atoms with van der Waals surface area (Å²) in [5.74, 6) is 0. The highest BCUT2D eigenvalue weighted by molar-refractivity contribution is 7.91. The number of unbranched alkanes of at least 4 members (excludes halogenated alkanes) is 3. The van der Waals surface area contributed by atoms with E-state index in [9.17, 15) is 8.42 Å². The quantitative estimate of drug-likeness (QED) is 0.121. The monoisotopic (exact) mass is 936 g/mol. The third-order valence-corrected chi connectivity index (χ3v) is 16.9. The van der Waals surface area contributed by atoms with Crippen LogP contribution in [0.4, 0.5) is 0 Å². The van der Waals surface area contributed by atoms with Crippen LogP contribution >= 0.6 is 0 Å². The molecule has 13 rings (SSSR count). The van der Waals surface area contributed by atoms with Gasteiger partial charge in [-0.05, 0) is 165 Å². The zero-order valence-corrected chi connectivity index (χ0v) is 40.6. The predicted molar refractivity (Wildman–Crippen MR) is 295 cm³/mol. The van der Waals surface area contributed by atoms with Crippen molar-refractivity contribution in [1.82, 2.24) is 9.13 Å². The number of aryl methyl sites for hydroxylation is 1. The summed E-state index contributed by atoms with van der Waals surface area (Å²) in [5.41, 5.74) is 18.1.